The van der Waals surface area contributed by atoms with E-state index in [-0.39, 0.29) is 17.4 Å². The van der Waals surface area contributed by atoms with Crippen molar-refractivity contribution in [2.75, 3.05) is 26.4 Å². The molecule has 0 bridgehead atoms. The molecule has 4 rings (SSSR count). The average molecular weight is 392 g/mol. The van der Waals surface area contributed by atoms with E-state index in [2.05, 4.69) is 34.4 Å². The maximum absolute atomic E-state index is 12.4. The van der Waals surface area contributed by atoms with Gasteiger partial charge in [-0.05, 0) is 16.7 Å². The van der Waals surface area contributed by atoms with E-state index in [4.69, 9.17) is 15.0 Å². The van der Waals surface area contributed by atoms with Crippen molar-refractivity contribution >= 4 is 11.7 Å². The van der Waals surface area contributed by atoms with E-state index in [1.807, 2.05) is 42.2 Å². The number of aromatic nitrogens is 1. The largest absolute Gasteiger partial charge is 0.372 e. The van der Waals surface area contributed by atoms with Gasteiger partial charge in [0.2, 0.25) is 0 Å². The molecular formula is C22H24N4O3. The Bertz CT molecular complexity index is 1040. The number of benzene rings is 2. The molecule has 0 aliphatic carbocycles. The molecule has 1 fully saturated rings. The van der Waals surface area contributed by atoms with E-state index < -0.39 is 0 Å². The van der Waals surface area contributed by atoms with E-state index in [1.54, 1.807) is 0 Å². The van der Waals surface area contributed by atoms with Crippen molar-refractivity contribution in [2.45, 2.75) is 12.8 Å². The van der Waals surface area contributed by atoms with E-state index in [0.717, 1.165) is 16.7 Å². The molecule has 1 aromatic heterocycles. The van der Waals surface area contributed by atoms with Crippen molar-refractivity contribution in [1.29, 1.82) is 0 Å². The Morgan fingerprint density at radius 1 is 1.14 bits per heavy atom. The van der Waals surface area contributed by atoms with Crippen LogP contribution < -0.4 is 11.3 Å². The summed E-state index contributed by atoms with van der Waals surface area (Å²) in [5.74, 6) is 0.750. The second-order valence-corrected chi connectivity index (χ2v) is 6.99. The van der Waals surface area contributed by atoms with Gasteiger partial charge in [0.05, 0.1) is 18.8 Å². The Kier molecular flexibility index (Phi) is 5.59. The lowest BCUT2D eigenvalue weighted by Gasteiger charge is -2.28. The maximum atomic E-state index is 12.4. The van der Waals surface area contributed by atoms with Gasteiger partial charge in [0.1, 0.15) is 12.4 Å². The lowest BCUT2D eigenvalue weighted by molar-refractivity contribution is 0.117. The molecule has 1 saturated heterocycles. The summed E-state index contributed by atoms with van der Waals surface area (Å²) in [6.07, 6.45) is 0. The third-order valence-corrected chi connectivity index (χ3v) is 5.22. The van der Waals surface area contributed by atoms with Gasteiger partial charge in [-0.3, -0.25) is 4.79 Å². The second-order valence-electron chi connectivity index (χ2n) is 6.99. The molecule has 7 nitrogen and oxygen atoms in total. The van der Waals surface area contributed by atoms with Gasteiger partial charge in [0.25, 0.3) is 11.4 Å². The van der Waals surface area contributed by atoms with Crippen LogP contribution in [0.4, 0.5) is 5.88 Å². The molecule has 0 saturated carbocycles. The number of aliphatic imine (C=N–C) groups is 1. The van der Waals surface area contributed by atoms with E-state index in [1.165, 1.54) is 0 Å². The fourth-order valence-electron chi connectivity index (χ4n) is 3.50. The van der Waals surface area contributed by atoms with Gasteiger partial charge in [0.15, 0.2) is 0 Å². The van der Waals surface area contributed by atoms with Crippen LogP contribution in [0.1, 0.15) is 24.0 Å². The van der Waals surface area contributed by atoms with Crippen LogP contribution >= 0.6 is 0 Å². The van der Waals surface area contributed by atoms with Crippen LogP contribution in [0.25, 0.3) is 11.1 Å². The quantitative estimate of drug-likeness (QED) is 0.696. The first-order valence-corrected chi connectivity index (χ1v) is 9.64. The number of ether oxygens (including phenoxy) is 1. The normalized spacial score (nSPS) is 16.9. The number of H-pyrrole nitrogens is 1. The number of aromatic amines is 1. The number of nitrogens with one attached hydrogen (secondary N) is 1. The molecule has 0 radical (unpaired) electrons. The molecule has 1 unspecified atom stereocenters. The molecule has 0 amide bonds. The monoisotopic (exact) mass is 392 g/mol. The third-order valence-electron chi connectivity index (χ3n) is 5.22. The van der Waals surface area contributed by atoms with E-state index in [0.29, 0.717) is 37.8 Å². The lowest BCUT2D eigenvalue weighted by Crippen LogP contribution is -2.44. The molecule has 150 valence electrons. The fraction of sp³-hybridized carbons (Fsp3) is 0.273. The van der Waals surface area contributed by atoms with Crippen LogP contribution in [-0.4, -0.2) is 42.3 Å². The summed E-state index contributed by atoms with van der Waals surface area (Å²) in [4.78, 5) is 18.9. The smallest absolute Gasteiger partial charge is 0.286 e. The minimum Gasteiger partial charge on any atom is -0.372 e. The highest BCUT2D eigenvalue weighted by atomic mass is 16.5. The molecule has 3 aromatic rings. The Labute approximate surface area is 168 Å². The summed E-state index contributed by atoms with van der Waals surface area (Å²) in [5, 5.41) is 2.42. The minimum absolute atomic E-state index is 0.183. The van der Waals surface area contributed by atoms with Crippen LogP contribution in [0.5, 0.6) is 0 Å². The Hall–Kier alpha value is -3.16. The average Bonchev–Trinajstić information content (AvgIpc) is 3.14. The van der Waals surface area contributed by atoms with Crippen molar-refractivity contribution < 1.29 is 9.26 Å². The summed E-state index contributed by atoms with van der Waals surface area (Å²) in [6, 6.07) is 18.4. The molecule has 29 heavy (non-hydrogen) atoms. The predicted octanol–water partition coefficient (Wildman–Crippen LogP) is 3.07. The maximum Gasteiger partial charge on any atom is 0.286 e. The zero-order valence-electron chi connectivity index (χ0n) is 16.3. The van der Waals surface area contributed by atoms with Gasteiger partial charge >= 0.3 is 0 Å². The van der Waals surface area contributed by atoms with Crippen LogP contribution in [0, 0.1) is 0 Å². The SMILES string of the molecule is CC(c1ccc(-c2ccccc2)cc1)c1c(N=C2COCCN2CN)o[nH]c1=O. The topological polar surface area (TPSA) is 96.8 Å². The van der Waals surface area contributed by atoms with Gasteiger partial charge in [-0.25, -0.2) is 0 Å². The number of hydrogen-bond acceptors (Lipinski definition) is 5. The molecule has 0 spiro atoms. The fourth-order valence-corrected chi connectivity index (χ4v) is 3.50. The number of amidine groups is 1. The van der Waals surface area contributed by atoms with E-state index >= 15 is 0 Å². The van der Waals surface area contributed by atoms with Gasteiger partial charge in [-0.15, -0.1) is 0 Å². The Morgan fingerprint density at radius 3 is 2.59 bits per heavy atom. The molecule has 1 atom stereocenters. The number of nitrogens with two attached hydrogens (primary N) is 1. The summed E-state index contributed by atoms with van der Waals surface area (Å²) in [5.41, 5.74) is 9.29. The molecule has 1 aliphatic heterocycles. The van der Waals surface area contributed by atoms with Gasteiger partial charge < -0.3 is 19.9 Å². The van der Waals surface area contributed by atoms with Crippen molar-refractivity contribution in [2.24, 2.45) is 10.7 Å². The van der Waals surface area contributed by atoms with Gasteiger partial charge in [-0.2, -0.15) is 10.1 Å². The summed E-state index contributed by atoms with van der Waals surface area (Å²) in [6.45, 7) is 3.91. The number of nitrogens with zero attached hydrogens (tertiary/aromatic N) is 2. The number of hydrogen-bond donors (Lipinski definition) is 2. The number of rotatable bonds is 5. The Balaban J connectivity index is 1.63. The van der Waals surface area contributed by atoms with Crippen molar-refractivity contribution in [1.82, 2.24) is 10.1 Å². The highest BCUT2D eigenvalue weighted by molar-refractivity contribution is 5.86. The van der Waals surface area contributed by atoms with Crippen molar-refractivity contribution in [3.63, 3.8) is 0 Å². The highest BCUT2D eigenvalue weighted by Crippen LogP contribution is 2.31. The van der Waals surface area contributed by atoms with Gasteiger partial charge in [-0.1, -0.05) is 61.5 Å². The zero-order valence-corrected chi connectivity index (χ0v) is 16.3. The molecule has 3 N–H and O–H groups in total. The van der Waals surface area contributed by atoms with Crippen molar-refractivity contribution in [3.05, 3.63) is 76.1 Å². The summed E-state index contributed by atoms with van der Waals surface area (Å²) < 4.78 is 10.9. The molecular weight excluding hydrogens is 368 g/mol. The van der Waals surface area contributed by atoms with Gasteiger partial charge in [0, 0.05) is 12.5 Å². The predicted molar refractivity (Wildman–Crippen MR) is 112 cm³/mol. The second kappa shape index (κ2) is 8.46. The first-order valence-electron chi connectivity index (χ1n) is 9.64. The lowest BCUT2D eigenvalue weighted by atomic mass is 9.93. The van der Waals surface area contributed by atoms with Crippen LogP contribution in [0.2, 0.25) is 0 Å². The van der Waals surface area contributed by atoms with E-state index in [9.17, 15) is 4.79 Å². The first kappa shape index (κ1) is 19.2. The van der Waals surface area contributed by atoms with Crippen molar-refractivity contribution in [3.8, 4) is 11.1 Å². The standard InChI is InChI=1S/C22H24N4O3/c1-15(16-7-9-18(10-8-16)17-5-3-2-4-6-17)20-21(27)25-29-22(20)24-19-13-28-12-11-26(19)14-23/h2-10,15H,11-14,23H2,1H3,(H,25,27). The molecule has 7 heteroatoms. The summed E-state index contributed by atoms with van der Waals surface area (Å²) >= 11 is 0. The molecule has 1 aliphatic rings. The highest BCUT2D eigenvalue weighted by Gasteiger charge is 2.23. The summed E-state index contributed by atoms with van der Waals surface area (Å²) in [7, 11) is 0. The van der Waals surface area contributed by atoms with Crippen LogP contribution in [-0.2, 0) is 4.74 Å². The first-order chi connectivity index (χ1) is 14.2. The zero-order chi connectivity index (χ0) is 20.2. The molecule has 2 aromatic carbocycles. The third kappa shape index (κ3) is 4.01. The van der Waals surface area contributed by atoms with Crippen LogP contribution in [0.15, 0.2) is 68.9 Å². The number of morpholine rings is 1. The Morgan fingerprint density at radius 2 is 1.86 bits per heavy atom. The van der Waals surface area contributed by atoms with Crippen LogP contribution in [0.3, 0.4) is 0 Å². The molecule has 2 heterocycles. The minimum atomic E-state index is -0.278.